The molecule has 1 heterocycles. The van der Waals surface area contributed by atoms with Crippen molar-refractivity contribution in [3.05, 3.63) is 0 Å². The Morgan fingerprint density at radius 1 is 1.05 bits per heavy atom. The lowest BCUT2D eigenvalue weighted by Gasteiger charge is -2.45. The second-order valence-corrected chi connectivity index (χ2v) is 9.13. The van der Waals surface area contributed by atoms with Crippen LogP contribution in [0.25, 0.3) is 0 Å². The molecule has 1 N–H and O–H groups in total. The minimum absolute atomic E-state index is 0.486. The van der Waals surface area contributed by atoms with Crippen LogP contribution in [0.4, 0.5) is 0 Å². The quantitative estimate of drug-likeness (QED) is 0.804. The van der Waals surface area contributed by atoms with Crippen molar-refractivity contribution >= 4 is 0 Å². The average Bonchev–Trinajstić information content (AvgIpc) is 3.13. The Morgan fingerprint density at radius 2 is 1.76 bits per heavy atom. The van der Waals surface area contributed by atoms with Crippen LogP contribution in [0.5, 0.6) is 0 Å². The molecule has 2 heteroatoms. The summed E-state index contributed by atoms with van der Waals surface area (Å²) in [6, 6.07) is 0.840. The summed E-state index contributed by atoms with van der Waals surface area (Å²) in [5.74, 6) is 0.913. The molecule has 1 aliphatic heterocycles. The van der Waals surface area contributed by atoms with Crippen LogP contribution in [0.15, 0.2) is 0 Å². The fourth-order valence-corrected chi connectivity index (χ4v) is 4.49. The summed E-state index contributed by atoms with van der Waals surface area (Å²) in [5.41, 5.74) is 1.01. The molecule has 122 valence electrons. The molecule has 0 radical (unpaired) electrons. The summed E-state index contributed by atoms with van der Waals surface area (Å²) >= 11 is 0. The van der Waals surface area contributed by atoms with Crippen molar-refractivity contribution < 1.29 is 4.74 Å². The van der Waals surface area contributed by atoms with E-state index in [1.807, 2.05) is 0 Å². The number of rotatable bonds is 5. The summed E-state index contributed by atoms with van der Waals surface area (Å²) in [6.45, 7) is 9.52. The molecule has 1 atom stereocenters. The molecule has 2 saturated carbocycles. The van der Waals surface area contributed by atoms with E-state index < -0.39 is 0 Å². The summed E-state index contributed by atoms with van der Waals surface area (Å²) < 4.78 is 5.97. The Labute approximate surface area is 131 Å². The van der Waals surface area contributed by atoms with Gasteiger partial charge >= 0.3 is 0 Å². The largest absolute Gasteiger partial charge is 0.378 e. The Morgan fingerprint density at radius 3 is 2.29 bits per heavy atom. The molecule has 3 fully saturated rings. The SMILES string of the molecule is CC(C)(C)C1CCC(CNC2CC2)(CC2CCCO2)CC1. The van der Waals surface area contributed by atoms with Gasteiger partial charge in [-0.3, -0.25) is 0 Å². The molecule has 0 aromatic carbocycles. The van der Waals surface area contributed by atoms with Crippen LogP contribution < -0.4 is 5.32 Å². The first kappa shape index (κ1) is 15.8. The van der Waals surface area contributed by atoms with Gasteiger partial charge in [-0.1, -0.05) is 20.8 Å². The zero-order valence-corrected chi connectivity index (χ0v) is 14.4. The third-order valence-electron chi connectivity index (χ3n) is 6.30. The maximum atomic E-state index is 5.97. The van der Waals surface area contributed by atoms with E-state index >= 15 is 0 Å². The molecular weight excluding hydrogens is 258 g/mol. The number of hydrogen-bond donors (Lipinski definition) is 1. The van der Waals surface area contributed by atoms with E-state index in [1.54, 1.807) is 0 Å². The molecule has 3 rings (SSSR count). The zero-order chi connectivity index (χ0) is 14.9. The fourth-order valence-electron chi connectivity index (χ4n) is 4.49. The highest BCUT2D eigenvalue weighted by Crippen LogP contribution is 2.48. The van der Waals surface area contributed by atoms with Crippen LogP contribution in [0.3, 0.4) is 0 Å². The molecule has 0 aromatic heterocycles. The van der Waals surface area contributed by atoms with Gasteiger partial charge in [-0.15, -0.1) is 0 Å². The van der Waals surface area contributed by atoms with Crippen LogP contribution >= 0.6 is 0 Å². The summed E-state index contributed by atoms with van der Waals surface area (Å²) in [4.78, 5) is 0. The molecule has 1 unspecified atom stereocenters. The van der Waals surface area contributed by atoms with E-state index in [-0.39, 0.29) is 0 Å². The van der Waals surface area contributed by atoms with Crippen LogP contribution in [0, 0.1) is 16.7 Å². The van der Waals surface area contributed by atoms with E-state index in [0.29, 0.717) is 16.9 Å². The van der Waals surface area contributed by atoms with Gasteiger partial charge in [0.2, 0.25) is 0 Å². The number of hydrogen-bond acceptors (Lipinski definition) is 2. The first-order chi connectivity index (χ1) is 9.97. The van der Waals surface area contributed by atoms with E-state index in [1.165, 1.54) is 64.3 Å². The fraction of sp³-hybridized carbons (Fsp3) is 1.00. The van der Waals surface area contributed by atoms with Gasteiger partial charge < -0.3 is 10.1 Å². The van der Waals surface area contributed by atoms with Gasteiger partial charge in [0.1, 0.15) is 0 Å². The van der Waals surface area contributed by atoms with Crippen molar-refractivity contribution in [2.45, 2.75) is 90.7 Å². The summed E-state index contributed by atoms with van der Waals surface area (Å²) in [6.07, 6.45) is 12.9. The van der Waals surface area contributed by atoms with E-state index in [4.69, 9.17) is 4.74 Å². The van der Waals surface area contributed by atoms with Gasteiger partial charge in [0.15, 0.2) is 0 Å². The molecule has 2 nitrogen and oxygen atoms in total. The predicted molar refractivity (Wildman–Crippen MR) is 88.5 cm³/mol. The second-order valence-electron chi connectivity index (χ2n) is 9.13. The van der Waals surface area contributed by atoms with Gasteiger partial charge in [0.05, 0.1) is 6.10 Å². The zero-order valence-electron chi connectivity index (χ0n) is 14.4. The van der Waals surface area contributed by atoms with Crippen molar-refractivity contribution in [3.8, 4) is 0 Å². The van der Waals surface area contributed by atoms with Crippen molar-refractivity contribution in [2.24, 2.45) is 16.7 Å². The van der Waals surface area contributed by atoms with Crippen molar-refractivity contribution in [3.63, 3.8) is 0 Å². The Kier molecular flexibility index (Phi) is 4.66. The lowest BCUT2D eigenvalue weighted by Crippen LogP contribution is -2.42. The minimum atomic E-state index is 0.486. The highest BCUT2D eigenvalue weighted by molar-refractivity contribution is 4.94. The Bertz CT molecular complexity index is 328. The summed E-state index contributed by atoms with van der Waals surface area (Å²) in [5, 5.41) is 3.84. The molecule has 0 spiro atoms. The van der Waals surface area contributed by atoms with Crippen LogP contribution in [-0.4, -0.2) is 25.3 Å². The third kappa shape index (κ3) is 4.22. The lowest BCUT2D eigenvalue weighted by molar-refractivity contribution is 0.0202. The normalized spacial score (nSPS) is 37.9. The van der Waals surface area contributed by atoms with Gasteiger partial charge in [-0.2, -0.15) is 0 Å². The number of nitrogens with one attached hydrogen (secondary N) is 1. The van der Waals surface area contributed by atoms with Crippen LogP contribution in [0.1, 0.15) is 78.6 Å². The first-order valence-corrected chi connectivity index (χ1v) is 9.32. The monoisotopic (exact) mass is 293 g/mol. The smallest absolute Gasteiger partial charge is 0.0581 e. The van der Waals surface area contributed by atoms with Gasteiger partial charge in [0.25, 0.3) is 0 Å². The molecule has 21 heavy (non-hydrogen) atoms. The van der Waals surface area contributed by atoms with Crippen molar-refractivity contribution in [1.82, 2.24) is 5.32 Å². The first-order valence-electron chi connectivity index (χ1n) is 9.32. The molecule has 2 aliphatic carbocycles. The highest BCUT2D eigenvalue weighted by Gasteiger charge is 2.41. The topological polar surface area (TPSA) is 21.3 Å². The van der Waals surface area contributed by atoms with Gasteiger partial charge in [-0.05, 0) is 74.5 Å². The molecular formula is C19H35NO. The van der Waals surface area contributed by atoms with Gasteiger partial charge in [0, 0.05) is 19.2 Å². The van der Waals surface area contributed by atoms with Crippen LogP contribution in [0.2, 0.25) is 0 Å². The second kappa shape index (κ2) is 6.20. The molecule has 0 aromatic rings. The molecule has 0 amide bonds. The molecule has 3 aliphatic rings. The maximum absolute atomic E-state index is 5.97. The van der Waals surface area contributed by atoms with E-state index in [9.17, 15) is 0 Å². The van der Waals surface area contributed by atoms with Gasteiger partial charge in [-0.25, -0.2) is 0 Å². The van der Waals surface area contributed by atoms with E-state index in [0.717, 1.165) is 18.6 Å². The van der Waals surface area contributed by atoms with E-state index in [2.05, 4.69) is 26.1 Å². The van der Waals surface area contributed by atoms with Crippen molar-refractivity contribution in [2.75, 3.05) is 13.2 Å². The minimum Gasteiger partial charge on any atom is -0.378 e. The Hall–Kier alpha value is -0.0800. The number of ether oxygens (including phenoxy) is 1. The lowest BCUT2D eigenvalue weighted by atomic mass is 9.62. The average molecular weight is 293 g/mol. The molecule has 1 saturated heterocycles. The maximum Gasteiger partial charge on any atom is 0.0581 e. The van der Waals surface area contributed by atoms with Crippen molar-refractivity contribution in [1.29, 1.82) is 0 Å². The van der Waals surface area contributed by atoms with Crippen LogP contribution in [-0.2, 0) is 4.74 Å². The summed E-state index contributed by atoms with van der Waals surface area (Å²) in [7, 11) is 0. The Balaban J connectivity index is 1.59. The standard InChI is InChI=1S/C19H35NO/c1-18(2,3)15-8-10-19(11-9-15,14-20-16-6-7-16)13-17-5-4-12-21-17/h15-17,20H,4-14H2,1-3H3. The predicted octanol–water partition coefficient (Wildman–Crippen LogP) is 4.53. The highest BCUT2D eigenvalue weighted by atomic mass is 16.5. The third-order valence-corrected chi connectivity index (χ3v) is 6.30. The molecule has 0 bridgehead atoms.